The maximum Gasteiger partial charge on any atom is 0.319 e. The summed E-state index contributed by atoms with van der Waals surface area (Å²) in [5.41, 5.74) is 1.96. The standard InChI is InChI=1S/C13H20N2O2/c1-3-6-11-7-4-5-8-12(11)15-13(17)14-10(2)9-16/h4-5,7-8,10,16H,3,6,9H2,1-2H3,(H2,14,15,17)/t10-/m0/s1. The zero-order chi connectivity index (χ0) is 12.7. The van der Waals surface area contributed by atoms with Gasteiger partial charge in [-0.2, -0.15) is 0 Å². The van der Waals surface area contributed by atoms with Crippen molar-refractivity contribution in [3.05, 3.63) is 29.8 Å². The van der Waals surface area contributed by atoms with Crippen LogP contribution in [0.5, 0.6) is 0 Å². The van der Waals surface area contributed by atoms with Crippen molar-refractivity contribution in [2.75, 3.05) is 11.9 Å². The predicted molar refractivity (Wildman–Crippen MR) is 69.1 cm³/mol. The van der Waals surface area contributed by atoms with Crippen molar-refractivity contribution in [1.82, 2.24) is 5.32 Å². The molecule has 0 saturated carbocycles. The summed E-state index contributed by atoms with van der Waals surface area (Å²) in [4.78, 5) is 11.6. The van der Waals surface area contributed by atoms with Crippen molar-refractivity contribution >= 4 is 11.7 Å². The first-order chi connectivity index (χ1) is 8.17. The van der Waals surface area contributed by atoms with Crippen LogP contribution >= 0.6 is 0 Å². The van der Waals surface area contributed by atoms with Gasteiger partial charge in [0, 0.05) is 5.69 Å². The molecule has 0 bridgehead atoms. The van der Waals surface area contributed by atoms with Crippen LogP contribution in [0.2, 0.25) is 0 Å². The number of aryl methyl sites for hydroxylation is 1. The van der Waals surface area contributed by atoms with Gasteiger partial charge in [0.15, 0.2) is 0 Å². The summed E-state index contributed by atoms with van der Waals surface area (Å²) < 4.78 is 0. The number of para-hydroxylation sites is 1. The van der Waals surface area contributed by atoms with Crippen LogP contribution in [-0.2, 0) is 6.42 Å². The lowest BCUT2D eigenvalue weighted by Crippen LogP contribution is -2.38. The van der Waals surface area contributed by atoms with E-state index in [0.717, 1.165) is 24.1 Å². The monoisotopic (exact) mass is 236 g/mol. The Morgan fingerprint density at radius 3 is 2.76 bits per heavy atom. The Labute approximate surface area is 102 Å². The number of aliphatic hydroxyl groups excluding tert-OH is 1. The summed E-state index contributed by atoms with van der Waals surface area (Å²) in [5.74, 6) is 0. The smallest absolute Gasteiger partial charge is 0.319 e. The molecule has 17 heavy (non-hydrogen) atoms. The van der Waals surface area contributed by atoms with E-state index in [1.165, 1.54) is 0 Å². The number of anilines is 1. The minimum absolute atomic E-state index is 0.0654. The molecule has 0 fully saturated rings. The van der Waals surface area contributed by atoms with Crippen molar-refractivity contribution in [3.8, 4) is 0 Å². The molecule has 0 heterocycles. The van der Waals surface area contributed by atoms with Crippen LogP contribution in [0, 0.1) is 0 Å². The van der Waals surface area contributed by atoms with Crippen molar-refractivity contribution < 1.29 is 9.90 Å². The molecular weight excluding hydrogens is 216 g/mol. The molecular formula is C13H20N2O2. The van der Waals surface area contributed by atoms with Crippen LogP contribution in [0.3, 0.4) is 0 Å². The third-order valence-corrected chi connectivity index (χ3v) is 2.44. The summed E-state index contributed by atoms with van der Waals surface area (Å²) in [6.07, 6.45) is 1.97. The number of hydrogen-bond donors (Lipinski definition) is 3. The highest BCUT2D eigenvalue weighted by Crippen LogP contribution is 2.16. The van der Waals surface area contributed by atoms with Crippen LogP contribution < -0.4 is 10.6 Å². The van der Waals surface area contributed by atoms with Gasteiger partial charge in [-0.1, -0.05) is 31.5 Å². The summed E-state index contributed by atoms with van der Waals surface area (Å²) in [5, 5.41) is 14.3. The normalized spacial score (nSPS) is 11.9. The number of aliphatic hydroxyl groups is 1. The maximum atomic E-state index is 11.6. The summed E-state index contributed by atoms with van der Waals surface area (Å²) in [6, 6.07) is 7.22. The number of carbonyl (C=O) groups excluding carboxylic acids is 1. The first-order valence-corrected chi connectivity index (χ1v) is 5.93. The molecule has 0 radical (unpaired) electrons. The number of urea groups is 1. The van der Waals surface area contributed by atoms with Crippen molar-refractivity contribution in [2.45, 2.75) is 32.7 Å². The molecule has 1 aromatic carbocycles. The van der Waals surface area contributed by atoms with Gasteiger partial charge < -0.3 is 15.7 Å². The average Bonchev–Trinajstić information content (AvgIpc) is 2.31. The molecule has 0 spiro atoms. The van der Waals surface area contributed by atoms with E-state index in [-0.39, 0.29) is 18.7 Å². The Kier molecular flexibility index (Phi) is 5.49. The Morgan fingerprint density at radius 2 is 2.12 bits per heavy atom. The predicted octanol–water partition coefficient (Wildman–Crippen LogP) is 2.14. The van der Waals surface area contributed by atoms with E-state index < -0.39 is 0 Å². The van der Waals surface area contributed by atoms with Crippen LogP contribution in [0.1, 0.15) is 25.8 Å². The van der Waals surface area contributed by atoms with E-state index >= 15 is 0 Å². The van der Waals surface area contributed by atoms with Gasteiger partial charge in [0.25, 0.3) is 0 Å². The Balaban J connectivity index is 2.64. The number of carbonyl (C=O) groups is 1. The first-order valence-electron chi connectivity index (χ1n) is 5.93. The van der Waals surface area contributed by atoms with Crippen molar-refractivity contribution in [2.24, 2.45) is 0 Å². The highest BCUT2D eigenvalue weighted by atomic mass is 16.3. The van der Waals surface area contributed by atoms with E-state index in [4.69, 9.17) is 5.11 Å². The number of rotatable bonds is 5. The second kappa shape index (κ2) is 6.91. The van der Waals surface area contributed by atoms with E-state index in [2.05, 4.69) is 17.6 Å². The zero-order valence-electron chi connectivity index (χ0n) is 10.4. The highest BCUT2D eigenvalue weighted by molar-refractivity contribution is 5.90. The van der Waals surface area contributed by atoms with Gasteiger partial charge >= 0.3 is 6.03 Å². The quantitative estimate of drug-likeness (QED) is 0.733. The van der Waals surface area contributed by atoms with Crippen molar-refractivity contribution in [1.29, 1.82) is 0 Å². The lowest BCUT2D eigenvalue weighted by molar-refractivity contribution is 0.229. The topological polar surface area (TPSA) is 61.4 Å². The van der Waals surface area contributed by atoms with Gasteiger partial charge in [-0.3, -0.25) is 0 Å². The molecule has 2 amide bonds. The van der Waals surface area contributed by atoms with E-state index in [9.17, 15) is 4.79 Å². The first kappa shape index (κ1) is 13.5. The van der Waals surface area contributed by atoms with Gasteiger partial charge in [-0.15, -0.1) is 0 Å². The molecule has 1 atom stereocenters. The van der Waals surface area contributed by atoms with Gasteiger partial charge in [-0.25, -0.2) is 4.79 Å². The molecule has 0 aromatic heterocycles. The fourth-order valence-electron chi connectivity index (χ4n) is 1.56. The second-order valence-electron chi connectivity index (χ2n) is 4.09. The number of nitrogens with one attached hydrogen (secondary N) is 2. The Bertz CT molecular complexity index is 366. The van der Waals surface area contributed by atoms with E-state index in [0.29, 0.717) is 0 Å². The fourth-order valence-corrected chi connectivity index (χ4v) is 1.56. The van der Waals surface area contributed by atoms with E-state index in [1.54, 1.807) is 6.92 Å². The average molecular weight is 236 g/mol. The van der Waals surface area contributed by atoms with E-state index in [1.807, 2.05) is 24.3 Å². The minimum Gasteiger partial charge on any atom is -0.394 e. The SMILES string of the molecule is CCCc1ccccc1NC(=O)N[C@@H](C)CO. The third-order valence-electron chi connectivity index (χ3n) is 2.44. The Hall–Kier alpha value is -1.55. The lowest BCUT2D eigenvalue weighted by atomic mass is 10.1. The van der Waals surface area contributed by atoms with Gasteiger partial charge in [0.05, 0.1) is 12.6 Å². The van der Waals surface area contributed by atoms with Gasteiger partial charge in [0.1, 0.15) is 0 Å². The van der Waals surface area contributed by atoms with Crippen molar-refractivity contribution in [3.63, 3.8) is 0 Å². The molecule has 0 aliphatic carbocycles. The molecule has 0 aliphatic heterocycles. The highest BCUT2D eigenvalue weighted by Gasteiger charge is 2.08. The van der Waals surface area contributed by atoms with Gasteiger partial charge in [-0.05, 0) is 25.0 Å². The van der Waals surface area contributed by atoms with Gasteiger partial charge in [0.2, 0.25) is 0 Å². The second-order valence-corrected chi connectivity index (χ2v) is 4.09. The molecule has 0 aliphatic rings. The number of amides is 2. The molecule has 0 unspecified atom stereocenters. The third kappa shape index (κ3) is 4.44. The number of benzene rings is 1. The lowest BCUT2D eigenvalue weighted by Gasteiger charge is -2.14. The zero-order valence-corrected chi connectivity index (χ0v) is 10.4. The number of hydrogen-bond acceptors (Lipinski definition) is 2. The van der Waals surface area contributed by atoms with Crippen LogP contribution in [-0.4, -0.2) is 23.8 Å². The summed E-state index contributed by atoms with van der Waals surface area (Å²) in [7, 11) is 0. The Morgan fingerprint density at radius 1 is 1.41 bits per heavy atom. The molecule has 3 N–H and O–H groups in total. The van der Waals surface area contributed by atoms with Crippen LogP contribution in [0.25, 0.3) is 0 Å². The van der Waals surface area contributed by atoms with Crippen LogP contribution in [0.15, 0.2) is 24.3 Å². The molecule has 1 aromatic rings. The molecule has 4 nitrogen and oxygen atoms in total. The fraction of sp³-hybridized carbons (Fsp3) is 0.462. The molecule has 4 heteroatoms. The molecule has 94 valence electrons. The largest absolute Gasteiger partial charge is 0.394 e. The minimum atomic E-state index is -0.282. The van der Waals surface area contributed by atoms with Crippen LogP contribution in [0.4, 0.5) is 10.5 Å². The molecule has 0 saturated heterocycles. The summed E-state index contributed by atoms with van der Waals surface area (Å²) in [6.45, 7) is 3.78. The summed E-state index contributed by atoms with van der Waals surface area (Å²) >= 11 is 0. The molecule has 1 rings (SSSR count). The maximum absolute atomic E-state index is 11.6.